The van der Waals surface area contributed by atoms with Crippen molar-refractivity contribution in [2.45, 2.75) is 0 Å². The number of nitrogens with zero attached hydrogens (tertiary/aromatic N) is 1. The molecule has 2 nitrogen and oxygen atoms in total. The summed E-state index contributed by atoms with van der Waals surface area (Å²) in [7, 11) is 0. The molecule has 0 radical (unpaired) electrons. The van der Waals surface area contributed by atoms with Crippen LogP contribution in [-0.4, -0.2) is 0 Å². The normalized spacial score (nSPS) is 11.8. The zero-order valence-corrected chi connectivity index (χ0v) is 32.9. The third-order valence-corrected chi connectivity index (χ3v) is 13.9. The summed E-state index contributed by atoms with van der Waals surface area (Å²) >= 11 is 3.76. The van der Waals surface area contributed by atoms with Crippen molar-refractivity contribution in [1.29, 1.82) is 0 Å². The Morgan fingerprint density at radius 2 is 0.948 bits per heavy atom. The minimum atomic E-state index is 0.880. The molecule has 58 heavy (non-hydrogen) atoms. The number of hydrogen-bond acceptors (Lipinski definition) is 4. The van der Waals surface area contributed by atoms with Crippen molar-refractivity contribution >= 4 is 102 Å². The number of hydrogen-bond donors (Lipinski definition) is 0. The molecule has 0 saturated carbocycles. The number of para-hydroxylation sites is 1. The summed E-state index contributed by atoms with van der Waals surface area (Å²) in [5.74, 6) is 0. The number of fused-ring (bicyclic) bond motifs is 9. The lowest BCUT2D eigenvalue weighted by Crippen LogP contribution is -2.12. The summed E-state index contributed by atoms with van der Waals surface area (Å²) in [6.45, 7) is 0. The Bertz CT molecular complexity index is 3510. The van der Waals surface area contributed by atoms with E-state index in [0.29, 0.717) is 0 Å². The fourth-order valence-corrected chi connectivity index (χ4v) is 11.4. The molecule has 12 rings (SSSR count). The van der Waals surface area contributed by atoms with E-state index in [4.69, 9.17) is 4.42 Å². The monoisotopic (exact) mass is 775 g/mol. The van der Waals surface area contributed by atoms with Gasteiger partial charge in [-0.05, 0) is 70.3 Å². The van der Waals surface area contributed by atoms with Crippen LogP contribution < -0.4 is 4.90 Å². The van der Waals surface area contributed by atoms with Gasteiger partial charge in [0.05, 0.1) is 11.4 Å². The average molecular weight is 776 g/mol. The molecule has 0 aliphatic carbocycles. The van der Waals surface area contributed by atoms with Gasteiger partial charge in [-0.25, -0.2) is 0 Å². The minimum Gasteiger partial charge on any atom is -0.456 e. The van der Waals surface area contributed by atoms with Crippen molar-refractivity contribution in [3.8, 4) is 33.4 Å². The third-order valence-electron chi connectivity index (χ3n) is 11.5. The number of thiophene rings is 2. The van der Waals surface area contributed by atoms with E-state index in [1.54, 1.807) is 0 Å². The van der Waals surface area contributed by atoms with Crippen molar-refractivity contribution in [3.05, 3.63) is 200 Å². The third kappa shape index (κ3) is 5.16. The second kappa shape index (κ2) is 13.3. The second-order valence-corrected chi connectivity index (χ2v) is 16.9. The highest BCUT2D eigenvalue weighted by Gasteiger charge is 2.27. The summed E-state index contributed by atoms with van der Waals surface area (Å²) in [5, 5.41) is 7.21. The Morgan fingerprint density at radius 1 is 0.362 bits per heavy atom. The number of rotatable bonds is 6. The Labute approximate surface area is 343 Å². The molecular formula is C54H33NOS2. The maximum absolute atomic E-state index is 6.43. The minimum absolute atomic E-state index is 0.880. The van der Waals surface area contributed by atoms with Crippen LogP contribution in [-0.2, 0) is 0 Å². The van der Waals surface area contributed by atoms with Crippen molar-refractivity contribution < 1.29 is 4.42 Å². The van der Waals surface area contributed by atoms with Gasteiger partial charge in [0.15, 0.2) is 0 Å². The molecule has 12 aromatic rings. The molecule has 0 N–H and O–H groups in total. The molecule has 0 spiro atoms. The van der Waals surface area contributed by atoms with Crippen LogP contribution in [0.3, 0.4) is 0 Å². The molecule has 0 amide bonds. The first-order chi connectivity index (χ1) is 28.8. The van der Waals surface area contributed by atoms with Gasteiger partial charge in [0.1, 0.15) is 11.2 Å². The maximum atomic E-state index is 6.43. The van der Waals surface area contributed by atoms with E-state index in [1.165, 1.54) is 73.7 Å². The van der Waals surface area contributed by atoms with E-state index in [0.717, 1.165) is 39.0 Å². The molecule has 3 aromatic heterocycles. The molecule has 0 atom stereocenters. The Balaban J connectivity index is 1.26. The number of anilines is 3. The molecule has 0 aliphatic rings. The molecule has 272 valence electrons. The van der Waals surface area contributed by atoms with Gasteiger partial charge in [0, 0.05) is 62.4 Å². The SMILES string of the molecule is c1ccc(-c2ccc3sc4c(-c5ccccc5)cccc4c3c2N(c2ccc3oc4ccccc4c3c2)c2ccc(-c3ccccc3)c3sc4ccccc4c23)cc1. The lowest BCUT2D eigenvalue weighted by Gasteiger charge is -2.30. The maximum Gasteiger partial charge on any atom is 0.135 e. The zero-order valence-electron chi connectivity index (χ0n) is 31.2. The smallest absolute Gasteiger partial charge is 0.135 e. The van der Waals surface area contributed by atoms with E-state index in [2.05, 4.69) is 199 Å². The fraction of sp³-hybridized carbons (Fsp3) is 0. The highest BCUT2D eigenvalue weighted by molar-refractivity contribution is 7.27. The summed E-state index contributed by atoms with van der Waals surface area (Å²) in [6, 6.07) is 72.7. The van der Waals surface area contributed by atoms with Crippen LogP contribution >= 0.6 is 22.7 Å². The van der Waals surface area contributed by atoms with Gasteiger partial charge in [-0.2, -0.15) is 0 Å². The van der Waals surface area contributed by atoms with E-state index in [-0.39, 0.29) is 0 Å². The van der Waals surface area contributed by atoms with Gasteiger partial charge in [-0.3, -0.25) is 0 Å². The summed E-state index contributed by atoms with van der Waals surface area (Å²) in [6.07, 6.45) is 0. The van der Waals surface area contributed by atoms with Gasteiger partial charge < -0.3 is 9.32 Å². The van der Waals surface area contributed by atoms with E-state index < -0.39 is 0 Å². The molecule has 0 saturated heterocycles. The van der Waals surface area contributed by atoms with Gasteiger partial charge >= 0.3 is 0 Å². The Morgan fingerprint density at radius 3 is 1.71 bits per heavy atom. The molecule has 0 unspecified atom stereocenters. The molecule has 0 bridgehead atoms. The van der Waals surface area contributed by atoms with Crippen LogP contribution in [0.1, 0.15) is 0 Å². The van der Waals surface area contributed by atoms with Crippen LogP contribution in [0.25, 0.3) is 95.7 Å². The van der Waals surface area contributed by atoms with Gasteiger partial charge in [0.2, 0.25) is 0 Å². The van der Waals surface area contributed by atoms with Crippen molar-refractivity contribution in [1.82, 2.24) is 0 Å². The van der Waals surface area contributed by atoms with Crippen LogP contribution in [0.15, 0.2) is 205 Å². The summed E-state index contributed by atoms with van der Waals surface area (Å²) in [5.41, 5.74) is 12.4. The van der Waals surface area contributed by atoms with Crippen molar-refractivity contribution in [2.24, 2.45) is 0 Å². The molecular weight excluding hydrogens is 743 g/mol. The quantitative estimate of drug-likeness (QED) is 0.167. The molecule has 9 aromatic carbocycles. The fourth-order valence-electron chi connectivity index (χ4n) is 8.88. The first kappa shape index (κ1) is 33.2. The van der Waals surface area contributed by atoms with Crippen LogP contribution in [0.2, 0.25) is 0 Å². The van der Waals surface area contributed by atoms with Crippen LogP contribution in [0, 0.1) is 0 Å². The predicted molar refractivity (Wildman–Crippen MR) is 250 cm³/mol. The molecule has 0 aliphatic heterocycles. The van der Waals surface area contributed by atoms with Crippen LogP contribution in [0.5, 0.6) is 0 Å². The van der Waals surface area contributed by atoms with Crippen molar-refractivity contribution in [3.63, 3.8) is 0 Å². The topological polar surface area (TPSA) is 16.4 Å². The average Bonchev–Trinajstić information content (AvgIpc) is 3.99. The molecule has 0 fully saturated rings. The zero-order chi connectivity index (χ0) is 38.2. The number of benzene rings is 9. The summed E-state index contributed by atoms with van der Waals surface area (Å²) < 4.78 is 11.5. The summed E-state index contributed by atoms with van der Waals surface area (Å²) in [4.78, 5) is 2.56. The first-order valence-corrected chi connectivity index (χ1v) is 21.2. The Kier molecular flexibility index (Phi) is 7.62. The second-order valence-electron chi connectivity index (χ2n) is 14.8. The van der Waals surface area contributed by atoms with Crippen molar-refractivity contribution in [2.75, 3.05) is 4.90 Å². The Hall–Kier alpha value is -6.98. The predicted octanol–water partition coefficient (Wildman–Crippen LogP) is 16.8. The number of furan rings is 1. The van der Waals surface area contributed by atoms with Gasteiger partial charge in [-0.15, -0.1) is 22.7 Å². The van der Waals surface area contributed by atoms with Gasteiger partial charge in [-0.1, -0.05) is 158 Å². The highest BCUT2D eigenvalue weighted by atomic mass is 32.1. The standard InChI is InChI=1S/C54H33NOS2/c1-4-15-34(16-5-1)38-29-32-49-51(43-24-14-23-39(53(43)58-49)35-17-6-2-7-18-35)52(38)55(37-27-31-47-44(33-37)41-21-10-12-25-46(41)56-47)45-30-28-40(36-19-8-3-9-20-36)54-50(45)42-22-11-13-26-48(42)57-54/h1-33H. The van der Waals surface area contributed by atoms with Gasteiger partial charge in [0.25, 0.3) is 0 Å². The lowest BCUT2D eigenvalue weighted by molar-refractivity contribution is 0.669. The molecule has 3 heterocycles. The van der Waals surface area contributed by atoms with E-state index in [1.807, 2.05) is 28.7 Å². The first-order valence-electron chi connectivity index (χ1n) is 19.6. The van der Waals surface area contributed by atoms with E-state index in [9.17, 15) is 0 Å². The molecule has 4 heteroatoms. The largest absolute Gasteiger partial charge is 0.456 e. The highest BCUT2D eigenvalue weighted by Crippen LogP contribution is 2.54. The lowest BCUT2D eigenvalue weighted by atomic mass is 9.95. The van der Waals surface area contributed by atoms with E-state index >= 15 is 0 Å². The van der Waals surface area contributed by atoms with Crippen LogP contribution in [0.4, 0.5) is 17.1 Å².